The van der Waals surface area contributed by atoms with Gasteiger partial charge in [0.15, 0.2) is 18.2 Å². The zero-order valence-corrected chi connectivity index (χ0v) is 8.98. The minimum atomic E-state index is -0.116. The fraction of sp³-hybridized carbons (Fsp3) is 0.455. The van der Waals surface area contributed by atoms with E-state index in [-0.39, 0.29) is 12.5 Å². The number of hydrogen-bond acceptors (Lipinski definition) is 4. The van der Waals surface area contributed by atoms with E-state index in [9.17, 15) is 4.79 Å². The molecule has 1 saturated carbocycles. The molecule has 1 amide bonds. The Morgan fingerprint density at radius 3 is 3.12 bits per heavy atom. The number of rotatable bonds is 5. The number of ether oxygens (including phenoxy) is 1. The first-order chi connectivity index (χ1) is 7.75. The molecule has 0 aromatic carbocycles. The quantitative estimate of drug-likeness (QED) is 0.762. The molecular weight excluding hydrogens is 206 g/mol. The molecule has 16 heavy (non-hydrogen) atoms. The molecule has 2 rings (SSSR count). The number of anilines is 1. The van der Waals surface area contributed by atoms with Crippen molar-refractivity contribution in [3.05, 3.63) is 18.3 Å². The van der Waals surface area contributed by atoms with Crippen LogP contribution < -0.4 is 15.8 Å². The molecule has 1 aromatic rings. The van der Waals surface area contributed by atoms with Gasteiger partial charge in [0.1, 0.15) is 0 Å². The van der Waals surface area contributed by atoms with Crippen LogP contribution in [-0.2, 0) is 4.79 Å². The molecular formula is C11H15N3O2. The molecule has 5 heteroatoms. The molecule has 1 fully saturated rings. The highest BCUT2D eigenvalue weighted by atomic mass is 16.5. The van der Waals surface area contributed by atoms with Crippen molar-refractivity contribution >= 4 is 11.7 Å². The molecule has 0 spiro atoms. The summed E-state index contributed by atoms with van der Waals surface area (Å²) in [7, 11) is 0. The van der Waals surface area contributed by atoms with Crippen molar-refractivity contribution in [1.82, 2.24) is 10.3 Å². The Morgan fingerprint density at radius 2 is 2.44 bits per heavy atom. The Morgan fingerprint density at radius 1 is 1.62 bits per heavy atom. The number of nitrogen functional groups attached to an aromatic ring is 1. The first-order valence-electron chi connectivity index (χ1n) is 5.35. The third-order valence-corrected chi connectivity index (χ3v) is 2.44. The largest absolute Gasteiger partial charge is 0.480 e. The van der Waals surface area contributed by atoms with Crippen LogP contribution in [-0.4, -0.2) is 24.0 Å². The number of pyridine rings is 1. The van der Waals surface area contributed by atoms with Gasteiger partial charge in [-0.05, 0) is 30.9 Å². The van der Waals surface area contributed by atoms with E-state index >= 15 is 0 Å². The zero-order valence-electron chi connectivity index (χ0n) is 8.98. The Balaban J connectivity index is 1.73. The van der Waals surface area contributed by atoms with E-state index < -0.39 is 0 Å². The number of carbonyl (C=O) groups excluding carboxylic acids is 1. The lowest BCUT2D eigenvalue weighted by atomic mass is 10.4. The molecule has 3 N–H and O–H groups in total. The maximum atomic E-state index is 11.4. The lowest BCUT2D eigenvalue weighted by molar-refractivity contribution is -0.123. The van der Waals surface area contributed by atoms with Crippen LogP contribution in [0.3, 0.4) is 0 Å². The van der Waals surface area contributed by atoms with Gasteiger partial charge in [-0.2, -0.15) is 0 Å². The van der Waals surface area contributed by atoms with Crippen molar-refractivity contribution in [3.63, 3.8) is 0 Å². The Kier molecular flexibility index (Phi) is 3.24. The summed E-state index contributed by atoms with van der Waals surface area (Å²) in [6, 6.07) is 3.41. The van der Waals surface area contributed by atoms with Crippen molar-refractivity contribution in [2.75, 3.05) is 18.9 Å². The van der Waals surface area contributed by atoms with E-state index in [0.29, 0.717) is 17.5 Å². The summed E-state index contributed by atoms with van der Waals surface area (Å²) in [6.45, 7) is 0.743. The van der Waals surface area contributed by atoms with Crippen LogP contribution in [0.25, 0.3) is 0 Å². The highest BCUT2D eigenvalue weighted by Gasteiger charge is 2.21. The lowest BCUT2D eigenvalue weighted by Crippen LogP contribution is -2.30. The summed E-state index contributed by atoms with van der Waals surface area (Å²) in [5.41, 5.74) is 5.57. The fourth-order valence-corrected chi connectivity index (χ4v) is 1.30. The normalized spacial score (nSPS) is 14.5. The third-order valence-electron chi connectivity index (χ3n) is 2.44. The summed E-state index contributed by atoms with van der Waals surface area (Å²) in [4.78, 5) is 15.2. The van der Waals surface area contributed by atoms with Crippen molar-refractivity contribution in [2.24, 2.45) is 5.92 Å². The van der Waals surface area contributed by atoms with Crippen LogP contribution in [0.4, 0.5) is 5.82 Å². The van der Waals surface area contributed by atoms with Crippen molar-refractivity contribution < 1.29 is 9.53 Å². The van der Waals surface area contributed by atoms with Gasteiger partial charge in [0.25, 0.3) is 5.91 Å². The fourth-order valence-electron chi connectivity index (χ4n) is 1.30. The molecule has 86 valence electrons. The van der Waals surface area contributed by atoms with E-state index in [4.69, 9.17) is 10.5 Å². The number of amides is 1. The van der Waals surface area contributed by atoms with E-state index in [1.54, 1.807) is 18.3 Å². The zero-order chi connectivity index (χ0) is 11.4. The van der Waals surface area contributed by atoms with Gasteiger partial charge in [-0.3, -0.25) is 4.79 Å². The molecule has 5 nitrogen and oxygen atoms in total. The van der Waals surface area contributed by atoms with Crippen LogP contribution in [0.5, 0.6) is 5.75 Å². The van der Waals surface area contributed by atoms with E-state index in [0.717, 1.165) is 6.54 Å². The average Bonchev–Trinajstić information content (AvgIpc) is 3.09. The predicted molar refractivity (Wildman–Crippen MR) is 59.9 cm³/mol. The SMILES string of the molecule is Nc1ncccc1OCC(=O)NCC1CC1. The second-order valence-corrected chi connectivity index (χ2v) is 3.92. The molecule has 0 unspecified atom stereocenters. The van der Waals surface area contributed by atoms with E-state index in [1.165, 1.54) is 12.8 Å². The van der Waals surface area contributed by atoms with Gasteiger partial charge in [-0.25, -0.2) is 4.98 Å². The summed E-state index contributed by atoms with van der Waals surface area (Å²) in [5.74, 6) is 1.31. The first-order valence-corrected chi connectivity index (χ1v) is 5.35. The summed E-state index contributed by atoms with van der Waals surface area (Å²) in [5, 5.41) is 2.81. The first kappa shape index (κ1) is 10.7. The Hall–Kier alpha value is -1.78. The number of nitrogens with two attached hydrogens (primary N) is 1. The van der Waals surface area contributed by atoms with Crippen molar-refractivity contribution in [2.45, 2.75) is 12.8 Å². The maximum Gasteiger partial charge on any atom is 0.257 e. The number of aromatic nitrogens is 1. The number of hydrogen-bond donors (Lipinski definition) is 2. The van der Waals surface area contributed by atoms with Crippen LogP contribution in [0, 0.1) is 5.92 Å². The minimum Gasteiger partial charge on any atom is -0.480 e. The third kappa shape index (κ3) is 3.12. The Bertz CT molecular complexity index is 377. The standard InChI is InChI=1S/C11H15N3O2/c12-11-9(2-1-5-13-11)16-7-10(15)14-6-8-3-4-8/h1-2,5,8H,3-4,6-7H2,(H2,12,13)(H,14,15). The van der Waals surface area contributed by atoms with Gasteiger partial charge in [0, 0.05) is 12.7 Å². The molecule has 0 bridgehead atoms. The number of nitrogens with zero attached hydrogens (tertiary/aromatic N) is 1. The van der Waals surface area contributed by atoms with Gasteiger partial charge < -0.3 is 15.8 Å². The second kappa shape index (κ2) is 4.83. The van der Waals surface area contributed by atoms with Gasteiger partial charge in [-0.1, -0.05) is 0 Å². The van der Waals surface area contributed by atoms with Crippen molar-refractivity contribution in [1.29, 1.82) is 0 Å². The van der Waals surface area contributed by atoms with Gasteiger partial charge >= 0.3 is 0 Å². The number of nitrogens with one attached hydrogen (secondary N) is 1. The molecule has 1 aliphatic carbocycles. The monoisotopic (exact) mass is 221 g/mol. The maximum absolute atomic E-state index is 11.4. The van der Waals surface area contributed by atoms with Gasteiger partial charge in [0.05, 0.1) is 0 Å². The van der Waals surface area contributed by atoms with Crippen molar-refractivity contribution in [3.8, 4) is 5.75 Å². The van der Waals surface area contributed by atoms with Gasteiger partial charge in [-0.15, -0.1) is 0 Å². The molecule has 1 aliphatic rings. The summed E-state index contributed by atoms with van der Waals surface area (Å²) >= 11 is 0. The highest BCUT2D eigenvalue weighted by molar-refractivity contribution is 5.77. The molecule has 0 saturated heterocycles. The smallest absolute Gasteiger partial charge is 0.257 e. The Labute approximate surface area is 94.0 Å². The summed E-state index contributed by atoms with van der Waals surface area (Å²) in [6.07, 6.45) is 4.02. The lowest BCUT2D eigenvalue weighted by Gasteiger charge is -2.07. The molecule has 1 heterocycles. The predicted octanol–water partition coefficient (Wildman–Crippen LogP) is 0.569. The minimum absolute atomic E-state index is 0.0113. The van der Waals surface area contributed by atoms with E-state index in [2.05, 4.69) is 10.3 Å². The van der Waals surface area contributed by atoms with Crippen LogP contribution in [0.2, 0.25) is 0 Å². The van der Waals surface area contributed by atoms with Gasteiger partial charge in [0.2, 0.25) is 0 Å². The van der Waals surface area contributed by atoms with Crippen LogP contribution in [0.1, 0.15) is 12.8 Å². The van der Waals surface area contributed by atoms with Crippen LogP contribution in [0.15, 0.2) is 18.3 Å². The summed E-state index contributed by atoms with van der Waals surface area (Å²) < 4.78 is 5.25. The molecule has 0 atom stereocenters. The van der Waals surface area contributed by atoms with E-state index in [1.807, 2.05) is 0 Å². The molecule has 0 aliphatic heterocycles. The van der Waals surface area contributed by atoms with Crippen LogP contribution >= 0.6 is 0 Å². The topological polar surface area (TPSA) is 77.2 Å². The second-order valence-electron chi connectivity index (χ2n) is 3.92. The number of carbonyl (C=O) groups is 1. The highest BCUT2D eigenvalue weighted by Crippen LogP contribution is 2.27. The molecule has 1 aromatic heterocycles. The molecule has 0 radical (unpaired) electrons. The average molecular weight is 221 g/mol.